The number of hydrogen-bond donors (Lipinski definition) is 1. The van der Waals surface area contributed by atoms with E-state index in [4.69, 9.17) is 6.42 Å². The first-order valence-corrected chi connectivity index (χ1v) is 3.45. The van der Waals surface area contributed by atoms with E-state index in [0.29, 0.717) is 0 Å². The molecule has 1 saturated heterocycles. The Kier molecular flexibility index (Phi) is 3.78. The summed E-state index contributed by atoms with van der Waals surface area (Å²) in [7, 11) is 0. The zero-order valence-electron chi connectivity index (χ0n) is 6.31. The highest BCUT2D eigenvalue weighted by atomic mass is 35.5. The summed E-state index contributed by atoms with van der Waals surface area (Å²) in [6, 6.07) is 0. The van der Waals surface area contributed by atoms with Crippen LogP contribution in [-0.2, 0) is 0 Å². The van der Waals surface area contributed by atoms with Gasteiger partial charge in [0.05, 0.1) is 0 Å². The summed E-state index contributed by atoms with van der Waals surface area (Å²) in [6.45, 7) is 4.33. The van der Waals surface area contributed by atoms with Crippen molar-refractivity contribution in [1.29, 1.82) is 0 Å². The minimum absolute atomic E-state index is 0. The van der Waals surface area contributed by atoms with E-state index in [2.05, 4.69) is 18.2 Å². The Morgan fingerprint density at radius 2 is 1.90 bits per heavy atom. The van der Waals surface area contributed by atoms with Crippen molar-refractivity contribution in [3.05, 3.63) is 0 Å². The Morgan fingerprint density at radius 1 is 1.40 bits per heavy atom. The Morgan fingerprint density at radius 3 is 2.20 bits per heavy atom. The molecule has 0 aromatic heterocycles. The van der Waals surface area contributed by atoms with E-state index < -0.39 is 0 Å². The molecule has 0 aromatic carbocycles. The molecule has 1 aliphatic rings. The number of piperidine rings is 1. The molecule has 0 aromatic rings. The minimum atomic E-state index is 0. The first kappa shape index (κ1) is 9.81. The van der Waals surface area contributed by atoms with E-state index in [1.165, 1.54) is 0 Å². The average Bonchev–Trinajstić information content (AvgIpc) is 1.90. The van der Waals surface area contributed by atoms with Crippen LogP contribution >= 0.6 is 12.4 Å². The van der Waals surface area contributed by atoms with Gasteiger partial charge in [0.1, 0.15) is 0 Å². The number of hydrogen-bond acceptors (Lipinski definition) is 1. The second-order valence-electron chi connectivity index (χ2n) is 2.95. The highest BCUT2D eigenvalue weighted by molar-refractivity contribution is 5.85. The maximum atomic E-state index is 5.36. The first-order chi connectivity index (χ1) is 4.27. The highest BCUT2D eigenvalue weighted by Crippen LogP contribution is 2.25. The van der Waals surface area contributed by atoms with Gasteiger partial charge in [-0.3, -0.25) is 0 Å². The lowest BCUT2D eigenvalue weighted by Gasteiger charge is -2.28. The summed E-state index contributed by atoms with van der Waals surface area (Å²) >= 11 is 0. The van der Waals surface area contributed by atoms with E-state index >= 15 is 0 Å². The van der Waals surface area contributed by atoms with Crippen LogP contribution in [0.2, 0.25) is 0 Å². The summed E-state index contributed by atoms with van der Waals surface area (Å²) in [4.78, 5) is 0. The molecule has 2 heteroatoms. The van der Waals surface area contributed by atoms with Crippen molar-refractivity contribution in [2.45, 2.75) is 19.8 Å². The van der Waals surface area contributed by atoms with Crippen molar-refractivity contribution in [2.75, 3.05) is 13.1 Å². The zero-order valence-corrected chi connectivity index (χ0v) is 7.13. The van der Waals surface area contributed by atoms with Gasteiger partial charge < -0.3 is 5.32 Å². The van der Waals surface area contributed by atoms with Gasteiger partial charge in [-0.25, -0.2) is 0 Å². The molecule has 0 unspecified atom stereocenters. The Bertz CT molecular complexity index is 131. The monoisotopic (exact) mass is 159 g/mol. The summed E-state index contributed by atoms with van der Waals surface area (Å²) in [5.74, 6) is 2.84. The molecule has 1 nitrogen and oxygen atoms in total. The molecule has 0 aliphatic carbocycles. The molecule has 0 atom stereocenters. The highest BCUT2D eigenvalue weighted by Gasteiger charge is 2.23. The van der Waals surface area contributed by atoms with E-state index in [0.717, 1.165) is 25.9 Å². The predicted molar refractivity (Wildman–Crippen MR) is 46.3 cm³/mol. The maximum absolute atomic E-state index is 5.36. The van der Waals surface area contributed by atoms with Crippen LogP contribution in [-0.4, -0.2) is 13.1 Å². The fourth-order valence-electron chi connectivity index (χ4n) is 1.12. The fraction of sp³-hybridized carbons (Fsp3) is 0.750. The van der Waals surface area contributed by atoms with E-state index in [-0.39, 0.29) is 17.8 Å². The lowest BCUT2D eigenvalue weighted by molar-refractivity contribution is 0.316. The second-order valence-corrected chi connectivity index (χ2v) is 2.95. The Labute approximate surface area is 69.0 Å². The van der Waals surface area contributed by atoms with Gasteiger partial charge in [-0.05, 0) is 32.9 Å². The lowest BCUT2D eigenvalue weighted by Crippen LogP contribution is -2.33. The van der Waals surface area contributed by atoms with Crippen molar-refractivity contribution in [3.8, 4) is 12.3 Å². The first-order valence-electron chi connectivity index (χ1n) is 3.45. The van der Waals surface area contributed by atoms with Crippen molar-refractivity contribution >= 4 is 12.4 Å². The van der Waals surface area contributed by atoms with Crippen LogP contribution in [0.5, 0.6) is 0 Å². The Hall–Kier alpha value is -0.190. The summed E-state index contributed by atoms with van der Waals surface area (Å²) in [6.07, 6.45) is 7.62. The molecule has 1 aliphatic heterocycles. The standard InChI is InChI=1S/C8H13N.ClH/c1-3-8(2)4-6-9-7-5-8;/h1,9H,4-7H2,2H3;1H. The molecule has 0 saturated carbocycles. The fourth-order valence-corrected chi connectivity index (χ4v) is 1.12. The van der Waals surface area contributed by atoms with Gasteiger partial charge in [0.2, 0.25) is 0 Å². The smallest absolute Gasteiger partial charge is 0.0308 e. The summed E-state index contributed by atoms with van der Waals surface area (Å²) in [5, 5.41) is 3.28. The second kappa shape index (κ2) is 3.85. The van der Waals surface area contributed by atoms with E-state index in [1.807, 2.05) is 0 Å². The molecular formula is C8H14ClN. The summed E-state index contributed by atoms with van der Waals surface area (Å²) < 4.78 is 0. The van der Waals surface area contributed by atoms with Gasteiger partial charge in [-0.15, -0.1) is 24.8 Å². The third kappa shape index (κ3) is 2.21. The molecule has 1 heterocycles. The zero-order chi connectivity index (χ0) is 6.74. The molecule has 58 valence electrons. The van der Waals surface area contributed by atoms with Crippen molar-refractivity contribution in [2.24, 2.45) is 5.41 Å². The quantitative estimate of drug-likeness (QED) is 0.528. The molecule has 1 N–H and O–H groups in total. The normalized spacial score (nSPS) is 22.4. The van der Waals surface area contributed by atoms with Crippen LogP contribution in [0.3, 0.4) is 0 Å². The number of halogens is 1. The molecular weight excluding hydrogens is 146 g/mol. The van der Waals surface area contributed by atoms with Crippen LogP contribution in [0.1, 0.15) is 19.8 Å². The minimum Gasteiger partial charge on any atom is -0.317 e. The van der Waals surface area contributed by atoms with Gasteiger partial charge >= 0.3 is 0 Å². The molecule has 0 bridgehead atoms. The van der Waals surface area contributed by atoms with Crippen molar-refractivity contribution < 1.29 is 0 Å². The maximum Gasteiger partial charge on any atom is 0.0308 e. The third-order valence-electron chi connectivity index (χ3n) is 2.06. The molecule has 0 spiro atoms. The molecule has 10 heavy (non-hydrogen) atoms. The summed E-state index contributed by atoms with van der Waals surface area (Å²) in [5.41, 5.74) is 0.186. The average molecular weight is 160 g/mol. The van der Waals surface area contributed by atoms with Gasteiger partial charge in [-0.2, -0.15) is 0 Å². The molecule has 1 rings (SSSR count). The molecule has 1 fully saturated rings. The lowest BCUT2D eigenvalue weighted by atomic mass is 9.82. The van der Waals surface area contributed by atoms with Crippen molar-refractivity contribution in [3.63, 3.8) is 0 Å². The van der Waals surface area contributed by atoms with E-state index in [1.54, 1.807) is 0 Å². The topological polar surface area (TPSA) is 12.0 Å². The third-order valence-corrected chi connectivity index (χ3v) is 2.06. The van der Waals surface area contributed by atoms with Gasteiger partial charge in [0.25, 0.3) is 0 Å². The number of terminal acetylenes is 1. The van der Waals surface area contributed by atoms with Crippen LogP contribution in [0.4, 0.5) is 0 Å². The largest absolute Gasteiger partial charge is 0.317 e. The number of rotatable bonds is 0. The van der Waals surface area contributed by atoms with E-state index in [9.17, 15) is 0 Å². The van der Waals surface area contributed by atoms with Gasteiger partial charge in [0.15, 0.2) is 0 Å². The predicted octanol–water partition coefficient (Wildman–Crippen LogP) is 1.43. The van der Waals surface area contributed by atoms with Crippen LogP contribution in [0.25, 0.3) is 0 Å². The van der Waals surface area contributed by atoms with Crippen molar-refractivity contribution in [1.82, 2.24) is 5.32 Å². The molecule has 0 radical (unpaired) electrons. The van der Waals surface area contributed by atoms with Crippen LogP contribution in [0.15, 0.2) is 0 Å². The molecule has 0 amide bonds. The number of nitrogens with one attached hydrogen (secondary N) is 1. The van der Waals surface area contributed by atoms with Crippen LogP contribution in [0, 0.1) is 17.8 Å². The van der Waals surface area contributed by atoms with Gasteiger partial charge in [0, 0.05) is 5.41 Å². The van der Waals surface area contributed by atoms with Crippen LogP contribution < -0.4 is 5.32 Å². The van der Waals surface area contributed by atoms with Gasteiger partial charge in [-0.1, -0.05) is 0 Å². The Balaban J connectivity index is 0.000000810. The SMILES string of the molecule is C#CC1(C)CCNCC1.Cl.